The van der Waals surface area contributed by atoms with Crippen molar-refractivity contribution in [2.24, 2.45) is 7.05 Å². The molecule has 92 valence electrons. The Balaban J connectivity index is 1.52. The topological polar surface area (TPSA) is 34.8 Å². The van der Waals surface area contributed by atoms with Crippen LogP contribution in [0.3, 0.4) is 0 Å². The molecule has 17 heavy (non-hydrogen) atoms. The van der Waals surface area contributed by atoms with Crippen LogP contribution in [-0.4, -0.2) is 20.7 Å². The van der Waals surface area contributed by atoms with Gasteiger partial charge in [-0.05, 0) is 31.0 Å². The van der Waals surface area contributed by atoms with Gasteiger partial charge in [0.2, 0.25) is 0 Å². The van der Waals surface area contributed by atoms with E-state index in [1.165, 1.54) is 18.4 Å². The first kappa shape index (κ1) is 11.9. The zero-order valence-corrected chi connectivity index (χ0v) is 10.3. The minimum atomic E-state index is 0.964. The summed E-state index contributed by atoms with van der Waals surface area (Å²) in [5.41, 5.74) is 1.35. The summed E-state index contributed by atoms with van der Waals surface area (Å²) in [4.78, 5) is 4.02. The van der Waals surface area contributed by atoms with E-state index in [-0.39, 0.29) is 0 Å². The molecule has 0 fully saturated rings. The van der Waals surface area contributed by atoms with E-state index < -0.39 is 0 Å². The summed E-state index contributed by atoms with van der Waals surface area (Å²) in [5, 5.41) is 3.46. The number of aromatic nitrogens is 3. The molecule has 2 aromatic rings. The second kappa shape index (κ2) is 6.25. The number of nitrogens with zero attached hydrogens (tertiary/aromatic N) is 3. The third-order valence-electron chi connectivity index (χ3n) is 2.80. The van der Waals surface area contributed by atoms with E-state index in [1.807, 2.05) is 18.7 Å². The molecule has 0 radical (unpaired) electrons. The van der Waals surface area contributed by atoms with Crippen LogP contribution in [0.4, 0.5) is 0 Å². The molecule has 0 amide bonds. The van der Waals surface area contributed by atoms with Crippen LogP contribution in [0.5, 0.6) is 0 Å². The molecule has 0 atom stereocenters. The van der Waals surface area contributed by atoms with Crippen molar-refractivity contribution in [1.29, 1.82) is 0 Å². The lowest BCUT2D eigenvalue weighted by Crippen LogP contribution is -2.14. The number of unbranched alkanes of at least 4 members (excludes halogenated alkanes) is 1. The molecule has 0 aliphatic rings. The molecule has 0 aliphatic heterocycles. The molecule has 0 aromatic carbocycles. The Labute approximate surface area is 102 Å². The van der Waals surface area contributed by atoms with Crippen LogP contribution in [0.15, 0.2) is 37.2 Å². The predicted molar refractivity (Wildman–Crippen MR) is 68.6 cm³/mol. The second-order valence-corrected chi connectivity index (χ2v) is 4.37. The summed E-state index contributed by atoms with van der Waals surface area (Å²) in [5.74, 6) is 0. The summed E-state index contributed by atoms with van der Waals surface area (Å²) >= 11 is 0. The van der Waals surface area contributed by atoms with Crippen LogP contribution in [0.1, 0.15) is 18.4 Å². The summed E-state index contributed by atoms with van der Waals surface area (Å²) in [7, 11) is 2.05. The molecular weight excluding hydrogens is 212 g/mol. The fraction of sp³-hybridized carbons (Fsp3) is 0.462. The van der Waals surface area contributed by atoms with Crippen molar-refractivity contribution in [1.82, 2.24) is 19.4 Å². The van der Waals surface area contributed by atoms with E-state index in [0.717, 1.165) is 19.6 Å². The minimum absolute atomic E-state index is 0.964. The summed E-state index contributed by atoms with van der Waals surface area (Å²) in [6.07, 6.45) is 12.3. The zero-order chi connectivity index (χ0) is 11.9. The Morgan fingerprint density at radius 1 is 1.29 bits per heavy atom. The lowest BCUT2D eigenvalue weighted by atomic mass is 10.3. The maximum atomic E-state index is 4.02. The highest BCUT2D eigenvalue weighted by atomic mass is 15.0. The Hall–Kier alpha value is -1.55. The number of imidazole rings is 1. The number of rotatable bonds is 7. The molecule has 4 nitrogen and oxygen atoms in total. The van der Waals surface area contributed by atoms with Gasteiger partial charge in [0.15, 0.2) is 0 Å². The van der Waals surface area contributed by atoms with Crippen LogP contribution in [-0.2, 0) is 20.1 Å². The van der Waals surface area contributed by atoms with Crippen LogP contribution in [0.2, 0.25) is 0 Å². The largest absolute Gasteiger partial charge is 0.357 e. The average Bonchev–Trinajstić information content (AvgIpc) is 2.95. The maximum absolute atomic E-state index is 4.02. The van der Waals surface area contributed by atoms with Crippen molar-refractivity contribution in [2.75, 3.05) is 6.54 Å². The van der Waals surface area contributed by atoms with E-state index in [1.54, 1.807) is 0 Å². The van der Waals surface area contributed by atoms with E-state index in [4.69, 9.17) is 0 Å². The number of nitrogens with one attached hydrogen (secondary N) is 1. The first-order valence-corrected chi connectivity index (χ1v) is 6.12. The first-order chi connectivity index (χ1) is 8.34. The van der Waals surface area contributed by atoms with Gasteiger partial charge in [0.1, 0.15) is 0 Å². The van der Waals surface area contributed by atoms with Gasteiger partial charge >= 0.3 is 0 Å². The van der Waals surface area contributed by atoms with E-state index in [0.29, 0.717) is 0 Å². The Bertz CT molecular complexity index is 416. The van der Waals surface area contributed by atoms with Crippen LogP contribution >= 0.6 is 0 Å². The molecule has 0 saturated heterocycles. The standard InChI is InChI=1S/C13H20N4/c1-16-8-4-13(11-16)10-14-5-2-3-7-17-9-6-15-12-17/h4,6,8-9,11-12,14H,2-3,5,7,10H2,1H3. The van der Waals surface area contributed by atoms with Crippen LogP contribution in [0.25, 0.3) is 0 Å². The van der Waals surface area contributed by atoms with E-state index in [2.05, 4.69) is 44.9 Å². The highest BCUT2D eigenvalue weighted by molar-refractivity contribution is 5.09. The molecule has 1 N–H and O–H groups in total. The van der Waals surface area contributed by atoms with Gasteiger partial charge in [-0.3, -0.25) is 0 Å². The van der Waals surface area contributed by atoms with Crippen molar-refractivity contribution < 1.29 is 0 Å². The molecule has 4 heteroatoms. The van der Waals surface area contributed by atoms with Gasteiger partial charge in [-0.2, -0.15) is 0 Å². The summed E-state index contributed by atoms with van der Waals surface area (Å²) in [6.45, 7) is 3.10. The lowest BCUT2D eigenvalue weighted by Gasteiger charge is -2.04. The first-order valence-electron chi connectivity index (χ1n) is 6.12. The van der Waals surface area contributed by atoms with Crippen LogP contribution in [0, 0.1) is 0 Å². The Morgan fingerprint density at radius 2 is 2.24 bits per heavy atom. The third-order valence-corrected chi connectivity index (χ3v) is 2.80. The quantitative estimate of drug-likeness (QED) is 0.739. The van der Waals surface area contributed by atoms with Gasteiger partial charge in [-0.25, -0.2) is 4.98 Å². The molecule has 2 heterocycles. The maximum Gasteiger partial charge on any atom is 0.0945 e. The molecule has 0 aliphatic carbocycles. The predicted octanol–water partition coefficient (Wildman–Crippen LogP) is 1.79. The monoisotopic (exact) mass is 232 g/mol. The van der Waals surface area contributed by atoms with Gasteiger partial charge < -0.3 is 14.5 Å². The minimum Gasteiger partial charge on any atom is -0.357 e. The van der Waals surface area contributed by atoms with Crippen molar-refractivity contribution in [3.8, 4) is 0 Å². The van der Waals surface area contributed by atoms with Crippen molar-refractivity contribution in [3.05, 3.63) is 42.7 Å². The number of aryl methyl sites for hydroxylation is 2. The Kier molecular flexibility index (Phi) is 4.38. The van der Waals surface area contributed by atoms with Crippen molar-refractivity contribution >= 4 is 0 Å². The fourth-order valence-electron chi connectivity index (χ4n) is 1.86. The van der Waals surface area contributed by atoms with Gasteiger partial charge in [-0.15, -0.1) is 0 Å². The smallest absolute Gasteiger partial charge is 0.0945 e. The molecule has 0 saturated carbocycles. The van der Waals surface area contributed by atoms with E-state index >= 15 is 0 Å². The average molecular weight is 232 g/mol. The number of hydrogen-bond acceptors (Lipinski definition) is 2. The molecule has 0 unspecified atom stereocenters. The van der Waals surface area contributed by atoms with Gasteiger partial charge in [0.05, 0.1) is 6.33 Å². The normalized spacial score (nSPS) is 10.9. The number of hydrogen-bond donors (Lipinski definition) is 1. The van der Waals surface area contributed by atoms with Crippen molar-refractivity contribution in [2.45, 2.75) is 25.9 Å². The summed E-state index contributed by atoms with van der Waals surface area (Å²) in [6, 6.07) is 2.15. The van der Waals surface area contributed by atoms with Crippen LogP contribution < -0.4 is 5.32 Å². The second-order valence-electron chi connectivity index (χ2n) is 4.37. The van der Waals surface area contributed by atoms with Gasteiger partial charge in [0, 0.05) is 44.9 Å². The van der Waals surface area contributed by atoms with Crippen molar-refractivity contribution in [3.63, 3.8) is 0 Å². The Morgan fingerprint density at radius 3 is 2.94 bits per heavy atom. The summed E-state index contributed by atoms with van der Waals surface area (Å²) < 4.78 is 4.20. The van der Waals surface area contributed by atoms with E-state index in [9.17, 15) is 0 Å². The SMILES string of the molecule is Cn1ccc(CNCCCCn2ccnc2)c1. The molecule has 0 bridgehead atoms. The lowest BCUT2D eigenvalue weighted by molar-refractivity contribution is 0.568. The molecular formula is C13H20N4. The highest BCUT2D eigenvalue weighted by Crippen LogP contribution is 1.99. The fourth-order valence-corrected chi connectivity index (χ4v) is 1.86. The zero-order valence-electron chi connectivity index (χ0n) is 10.3. The highest BCUT2D eigenvalue weighted by Gasteiger charge is 1.94. The van der Waals surface area contributed by atoms with Gasteiger partial charge in [0.25, 0.3) is 0 Å². The molecule has 0 spiro atoms. The third kappa shape index (κ3) is 4.07. The molecule has 2 aromatic heterocycles. The van der Waals surface area contributed by atoms with Gasteiger partial charge in [-0.1, -0.05) is 0 Å². The molecule has 2 rings (SSSR count).